The van der Waals surface area contributed by atoms with Crippen molar-refractivity contribution in [1.82, 2.24) is 19.7 Å². The van der Waals surface area contributed by atoms with Crippen LogP contribution in [0.15, 0.2) is 78.2 Å². The Kier molecular flexibility index (Phi) is 7.59. The molecule has 0 radical (unpaired) electrons. The molecule has 0 saturated carbocycles. The first-order chi connectivity index (χ1) is 16.6. The Morgan fingerprint density at radius 2 is 1.85 bits per heavy atom. The van der Waals surface area contributed by atoms with Crippen molar-refractivity contribution < 1.29 is 9.53 Å². The van der Waals surface area contributed by atoms with Crippen LogP contribution in [0.4, 0.5) is 5.69 Å². The number of nitrogens with one attached hydrogen (secondary N) is 1. The number of para-hydroxylation sites is 3. The number of ether oxygens (including phenoxy) is 1. The van der Waals surface area contributed by atoms with Gasteiger partial charge in [0, 0.05) is 18.0 Å². The Hall–Kier alpha value is -3.65. The number of rotatable bonds is 9. The minimum absolute atomic E-state index is 0.147. The van der Waals surface area contributed by atoms with Crippen LogP contribution in [0.3, 0.4) is 0 Å². The van der Waals surface area contributed by atoms with Crippen LogP contribution in [0.1, 0.15) is 32.3 Å². The second kappa shape index (κ2) is 11.0. The SMILES string of the molecule is CCOc1ccccc1NC(=O)CSc1nnc(-c2cccnc2)n1-c1ccccc1C(C)C. The van der Waals surface area contributed by atoms with Crippen LogP contribution in [0.2, 0.25) is 0 Å². The van der Waals surface area contributed by atoms with Crippen LogP contribution in [0.25, 0.3) is 17.1 Å². The molecule has 34 heavy (non-hydrogen) atoms. The van der Waals surface area contributed by atoms with Crippen LogP contribution < -0.4 is 10.1 Å². The molecule has 0 fully saturated rings. The second-order valence-corrected chi connectivity index (χ2v) is 8.81. The third-order valence-corrected chi connectivity index (χ3v) is 6.08. The van der Waals surface area contributed by atoms with Crippen LogP contribution in [-0.2, 0) is 4.79 Å². The zero-order valence-corrected chi connectivity index (χ0v) is 20.2. The van der Waals surface area contributed by atoms with E-state index >= 15 is 0 Å². The molecule has 0 aliphatic rings. The number of amides is 1. The van der Waals surface area contributed by atoms with E-state index in [1.807, 2.05) is 60.0 Å². The second-order valence-electron chi connectivity index (χ2n) is 7.86. The smallest absolute Gasteiger partial charge is 0.234 e. The average molecular weight is 474 g/mol. The average Bonchev–Trinajstić information content (AvgIpc) is 3.28. The van der Waals surface area contributed by atoms with E-state index in [-0.39, 0.29) is 11.7 Å². The van der Waals surface area contributed by atoms with Gasteiger partial charge in [0.05, 0.1) is 23.7 Å². The standard InChI is InChI=1S/C26H27N5O2S/c1-4-33-23-14-8-6-12-21(23)28-24(32)17-34-26-30-29-25(19-10-9-15-27-16-19)31(26)22-13-7-5-11-20(22)18(2)3/h5-16,18H,4,17H2,1-3H3,(H,28,32). The Balaban J connectivity index is 1.63. The van der Waals surface area contributed by atoms with Crippen LogP contribution in [0, 0.1) is 0 Å². The molecule has 1 amide bonds. The predicted molar refractivity (Wildman–Crippen MR) is 136 cm³/mol. The molecule has 0 spiro atoms. The number of benzene rings is 2. The van der Waals surface area contributed by atoms with Crippen LogP contribution in [0.5, 0.6) is 5.75 Å². The highest BCUT2D eigenvalue weighted by Gasteiger charge is 2.20. The zero-order valence-electron chi connectivity index (χ0n) is 19.4. The van der Waals surface area contributed by atoms with Crippen molar-refractivity contribution in [3.05, 3.63) is 78.6 Å². The maximum Gasteiger partial charge on any atom is 0.234 e. The van der Waals surface area contributed by atoms with Gasteiger partial charge in [0.2, 0.25) is 5.91 Å². The number of hydrogen-bond acceptors (Lipinski definition) is 6. The summed E-state index contributed by atoms with van der Waals surface area (Å²) >= 11 is 1.34. The van der Waals surface area contributed by atoms with E-state index in [9.17, 15) is 4.79 Å². The molecule has 0 atom stereocenters. The summed E-state index contributed by atoms with van der Waals surface area (Å²) in [5.74, 6) is 1.67. The van der Waals surface area contributed by atoms with Crippen molar-refractivity contribution in [2.45, 2.75) is 31.8 Å². The van der Waals surface area contributed by atoms with Gasteiger partial charge < -0.3 is 10.1 Å². The van der Waals surface area contributed by atoms with Gasteiger partial charge in [-0.15, -0.1) is 10.2 Å². The van der Waals surface area contributed by atoms with Crippen LogP contribution in [-0.4, -0.2) is 38.0 Å². The van der Waals surface area contributed by atoms with Crippen LogP contribution >= 0.6 is 11.8 Å². The number of pyridine rings is 1. The van der Waals surface area contributed by atoms with E-state index in [0.29, 0.717) is 34.9 Å². The summed E-state index contributed by atoms with van der Waals surface area (Å²) in [7, 11) is 0. The van der Waals surface area contributed by atoms with Gasteiger partial charge in [0.1, 0.15) is 5.75 Å². The lowest BCUT2D eigenvalue weighted by atomic mass is 10.0. The summed E-state index contributed by atoms with van der Waals surface area (Å²) in [6, 6.07) is 19.4. The number of aromatic nitrogens is 4. The number of anilines is 1. The fourth-order valence-electron chi connectivity index (χ4n) is 3.61. The normalized spacial score (nSPS) is 10.9. The molecule has 1 N–H and O–H groups in total. The first kappa shape index (κ1) is 23.5. The molecule has 0 saturated heterocycles. The monoisotopic (exact) mass is 473 g/mol. The lowest BCUT2D eigenvalue weighted by Crippen LogP contribution is -2.15. The maximum absolute atomic E-state index is 12.8. The van der Waals surface area contributed by atoms with Crippen molar-refractivity contribution in [2.24, 2.45) is 0 Å². The lowest BCUT2D eigenvalue weighted by Gasteiger charge is -2.17. The number of hydrogen-bond donors (Lipinski definition) is 1. The number of carbonyl (C=O) groups excluding carboxylic acids is 1. The highest BCUT2D eigenvalue weighted by Crippen LogP contribution is 2.32. The molecule has 2 aromatic heterocycles. The van der Waals surface area contributed by atoms with Crippen molar-refractivity contribution in [3.8, 4) is 22.8 Å². The molecule has 0 bridgehead atoms. The topological polar surface area (TPSA) is 81.9 Å². The Morgan fingerprint density at radius 1 is 1.06 bits per heavy atom. The van der Waals surface area contributed by atoms with Gasteiger partial charge in [-0.3, -0.25) is 14.3 Å². The van der Waals surface area contributed by atoms with Gasteiger partial charge in [0.25, 0.3) is 0 Å². The third-order valence-electron chi connectivity index (χ3n) is 5.15. The molecular weight excluding hydrogens is 446 g/mol. The summed E-state index contributed by atoms with van der Waals surface area (Å²) in [5.41, 5.74) is 3.67. The molecule has 2 heterocycles. The largest absolute Gasteiger partial charge is 0.492 e. The Labute approximate surface area is 203 Å². The van der Waals surface area contributed by atoms with E-state index in [0.717, 1.165) is 11.3 Å². The fourth-order valence-corrected chi connectivity index (χ4v) is 4.35. The first-order valence-electron chi connectivity index (χ1n) is 11.2. The van der Waals surface area contributed by atoms with Crippen molar-refractivity contribution in [1.29, 1.82) is 0 Å². The van der Waals surface area contributed by atoms with Crippen molar-refractivity contribution >= 4 is 23.4 Å². The fraction of sp³-hybridized carbons (Fsp3) is 0.231. The minimum Gasteiger partial charge on any atom is -0.492 e. The van der Waals surface area contributed by atoms with E-state index < -0.39 is 0 Å². The van der Waals surface area contributed by atoms with E-state index in [1.54, 1.807) is 12.4 Å². The molecular formula is C26H27N5O2S. The lowest BCUT2D eigenvalue weighted by molar-refractivity contribution is -0.113. The van der Waals surface area contributed by atoms with Crippen molar-refractivity contribution in [2.75, 3.05) is 17.7 Å². The van der Waals surface area contributed by atoms with Gasteiger partial charge in [-0.1, -0.05) is 55.9 Å². The highest BCUT2D eigenvalue weighted by molar-refractivity contribution is 7.99. The number of nitrogens with zero attached hydrogens (tertiary/aromatic N) is 4. The third kappa shape index (κ3) is 5.28. The van der Waals surface area contributed by atoms with E-state index in [1.165, 1.54) is 17.3 Å². The van der Waals surface area contributed by atoms with Gasteiger partial charge in [0.15, 0.2) is 11.0 Å². The summed E-state index contributed by atoms with van der Waals surface area (Å²) in [6.07, 6.45) is 3.50. The van der Waals surface area contributed by atoms with E-state index in [2.05, 4.69) is 46.5 Å². The van der Waals surface area contributed by atoms with Gasteiger partial charge in [-0.25, -0.2) is 0 Å². The molecule has 0 aliphatic heterocycles. The Morgan fingerprint density at radius 3 is 2.62 bits per heavy atom. The summed E-state index contributed by atoms with van der Waals surface area (Å²) in [4.78, 5) is 17.0. The van der Waals surface area contributed by atoms with E-state index in [4.69, 9.17) is 4.74 Å². The molecule has 2 aromatic carbocycles. The molecule has 7 nitrogen and oxygen atoms in total. The summed E-state index contributed by atoms with van der Waals surface area (Å²) in [6.45, 7) is 6.75. The summed E-state index contributed by atoms with van der Waals surface area (Å²) in [5, 5.41) is 12.5. The minimum atomic E-state index is -0.147. The summed E-state index contributed by atoms with van der Waals surface area (Å²) < 4.78 is 7.62. The zero-order chi connectivity index (χ0) is 23.9. The Bertz CT molecular complexity index is 1260. The molecule has 4 rings (SSSR count). The van der Waals surface area contributed by atoms with Gasteiger partial charge in [-0.2, -0.15) is 0 Å². The number of thioether (sulfide) groups is 1. The molecule has 174 valence electrons. The molecule has 0 unspecified atom stereocenters. The predicted octanol–water partition coefficient (Wildman–Crippen LogP) is 5.58. The first-order valence-corrected chi connectivity index (χ1v) is 12.2. The molecule has 8 heteroatoms. The van der Waals surface area contributed by atoms with Gasteiger partial charge >= 0.3 is 0 Å². The maximum atomic E-state index is 12.8. The van der Waals surface area contributed by atoms with Crippen molar-refractivity contribution in [3.63, 3.8) is 0 Å². The quantitative estimate of drug-likeness (QED) is 0.320. The molecule has 4 aromatic rings. The van der Waals surface area contributed by atoms with Gasteiger partial charge in [-0.05, 0) is 48.7 Å². The highest BCUT2D eigenvalue weighted by atomic mass is 32.2. The number of carbonyl (C=O) groups is 1. The molecule has 0 aliphatic carbocycles.